The zero-order valence-corrected chi connectivity index (χ0v) is 18.1. The van der Waals surface area contributed by atoms with E-state index in [-0.39, 0.29) is 23.9 Å². The van der Waals surface area contributed by atoms with Crippen LogP contribution in [0.5, 0.6) is 0 Å². The number of carbonyl (C=O) groups excluding carboxylic acids is 1. The van der Waals surface area contributed by atoms with Crippen LogP contribution in [0.15, 0.2) is 59.1 Å². The van der Waals surface area contributed by atoms with Gasteiger partial charge < -0.3 is 0 Å². The van der Waals surface area contributed by atoms with Crippen molar-refractivity contribution in [2.75, 3.05) is 5.75 Å². The van der Waals surface area contributed by atoms with Gasteiger partial charge in [-0.05, 0) is 60.2 Å². The predicted molar refractivity (Wildman–Crippen MR) is 121 cm³/mol. The van der Waals surface area contributed by atoms with E-state index < -0.39 is 0 Å². The maximum atomic E-state index is 12.7. The van der Waals surface area contributed by atoms with Crippen molar-refractivity contribution in [3.63, 3.8) is 0 Å². The smallest absolute Gasteiger partial charge is 0.239 e. The molecule has 1 aliphatic carbocycles. The topological polar surface area (TPSA) is 32.7 Å². The Labute approximate surface area is 184 Å². The van der Waals surface area contributed by atoms with Gasteiger partial charge >= 0.3 is 0 Å². The molecule has 2 aromatic carbocycles. The van der Waals surface area contributed by atoms with Crippen molar-refractivity contribution >= 4 is 52.1 Å². The number of amides is 1. The number of amidine groups is 1. The van der Waals surface area contributed by atoms with E-state index in [0.717, 1.165) is 40.6 Å². The number of carbonyl (C=O) groups is 1. The lowest BCUT2D eigenvalue weighted by molar-refractivity contribution is -0.127. The second kappa shape index (κ2) is 7.82. The largest absolute Gasteiger partial charge is 0.283 e. The molecule has 2 fully saturated rings. The third-order valence-corrected chi connectivity index (χ3v) is 7.41. The molecular formula is C23H20Cl2N2OS. The third kappa shape index (κ3) is 3.63. The molecule has 0 bridgehead atoms. The minimum atomic E-state index is 0.0150. The van der Waals surface area contributed by atoms with Crippen LogP contribution in [0.3, 0.4) is 0 Å². The quantitative estimate of drug-likeness (QED) is 0.551. The molecule has 2 aliphatic heterocycles. The molecule has 1 saturated heterocycles. The van der Waals surface area contributed by atoms with Crippen LogP contribution in [0.4, 0.5) is 0 Å². The molecule has 0 aromatic heterocycles. The van der Waals surface area contributed by atoms with Gasteiger partial charge in [0.25, 0.3) is 0 Å². The van der Waals surface area contributed by atoms with Gasteiger partial charge in [0.15, 0.2) is 5.17 Å². The summed E-state index contributed by atoms with van der Waals surface area (Å²) < 4.78 is 0. The Kier molecular flexibility index (Phi) is 5.19. The first kappa shape index (κ1) is 19.2. The van der Waals surface area contributed by atoms with Gasteiger partial charge in [-0.3, -0.25) is 14.7 Å². The van der Waals surface area contributed by atoms with Crippen molar-refractivity contribution in [2.24, 2.45) is 10.9 Å². The van der Waals surface area contributed by atoms with Crippen molar-refractivity contribution in [1.82, 2.24) is 4.90 Å². The first-order chi connectivity index (χ1) is 14.1. The SMILES string of the molecule is O=C1CSC2=N[C@@H]3/C(=C\c4ccc(Cl)cc4)CCC[C@H]3[C@H](c3ccc(Cl)cc3)N12. The molecule has 0 spiro atoms. The maximum absolute atomic E-state index is 12.7. The van der Waals surface area contributed by atoms with E-state index in [9.17, 15) is 4.79 Å². The molecule has 1 saturated carbocycles. The number of rotatable bonds is 2. The predicted octanol–water partition coefficient (Wildman–Crippen LogP) is 6.23. The van der Waals surface area contributed by atoms with E-state index in [1.54, 1.807) is 11.8 Å². The molecule has 5 rings (SSSR count). The highest BCUT2D eigenvalue weighted by atomic mass is 35.5. The van der Waals surface area contributed by atoms with Gasteiger partial charge in [0, 0.05) is 16.0 Å². The van der Waals surface area contributed by atoms with Gasteiger partial charge in [-0.1, -0.05) is 65.3 Å². The summed E-state index contributed by atoms with van der Waals surface area (Å²) >= 11 is 13.7. The van der Waals surface area contributed by atoms with Crippen LogP contribution in [0.25, 0.3) is 6.08 Å². The number of fused-ring (bicyclic) bond motifs is 2. The van der Waals surface area contributed by atoms with Gasteiger partial charge in [0.1, 0.15) is 0 Å². The van der Waals surface area contributed by atoms with Crippen LogP contribution in [0.1, 0.15) is 36.4 Å². The fraction of sp³-hybridized carbons (Fsp3) is 0.304. The lowest BCUT2D eigenvalue weighted by Gasteiger charge is -2.44. The van der Waals surface area contributed by atoms with E-state index in [4.69, 9.17) is 28.2 Å². The highest BCUT2D eigenvalue weighted by Crippen LogP contribution is 2.48. The number of hydrogen-bond donors (Lipinski definition) is 0. The second-order valence-electron chi connectivity index (χ2n) is 7.73. The Morgan fingerprint density at radius 1 is 1.03 bits per heavy atom. The molecule has 3 nitrogen and oxygen atoms in total. The molecule has 148 valence electrons. The van der Waals surface area contributed by atoms with Crippen molar-refractivity contribution < 1.29 is 4.79 Å². The fourth-order valence-corrected chi connectivity index (χ4v) is 5.86. The van der Waals surface area contributed by atoms with Crippen LogP contribution >= 0.6 is 35.0 Å². The third-order valence-electron chi connectivity index (χ3n) is 5.95. The highest BCUT2D eigenvalue weighted by Gasteiger charge is 2.47. The molecule has 6 heteroatoms. The Morgan fingerprint density at radius 3 is 2.45 bits per heavy atom. The summed E-state index contributed by atoms with van der Waals surface area (Å²) in [6.45, 7) is 0. The summed E-state index contributed by atoms with van der Waals surface area (Å²) in [5.74, 6) is 0.898. The standard InChI is InChI=1S/C23H20Cl2N2OS/c24-17-8-4-14(5-9-17)12-16-2-1-3-19-21(16)26-23-27(20(28)13-29-23)22(19)15-6-10-18(25)11-7-15/h4-12,19,21-22H,1-3,13H2/b16-12-/t19-,21-,22+/m1/s1. The molecular weight excluding hydrogens is 423 g/mol. The van der Waals surface area contributed by atoms with Crippen molar-refractivity contribution in [1.29, 1.82) is 0 Å². The van der Waals surface area contributed by atoms with Gasteiger partial charge in [-0.25, -0.2) is 0 Å². The van der Waals surface area contributed by atoms with Crippen molar-refractivity contribution in [2.45, 2.75) is 31.3 Å². The number of halogens is 2. The molecule has 0 N–H and O–H groups in total. The van der Waals surface area contributed by atoms with E-state index in [0.29, 0.717) is 10.8 Å². The second-order valence-corrected chi connectivity index (χ2v) is 9.55. The molecule has 0 radical (unpaired) electrons. The van der Waals surface area contributed by atoms with E-state index in [1.165, 1.54) is 5.57 Å². The number of hydrogen-bond acceptors (Lipinski definition) is 3. The maximum Gasteiger partial charge on any atom is 0.239 e. The van der Waals surface area contributed by atoms with Gasteiger partial charge in [-0.15, -0.1) is 0 Å². The van der Waals surface area contributed by atoms with Crippen molar-refractivity contribution in [3.05, 3.63) is 75.3 Å². The minimum Gasteiger partial charge on any atom is -0.283 e. The van der Waals surface area contributed by atoms with Gasteiger partial charge in [0.2, 0.25) is 5.91 Å². The number of aliphatic imine (C=N–C) groups is 1. The lowest BCUT2D eigenvalue weighted by atomic mass is 9.73. The van der Waals surface area contributed by atoms with Crippen LogP contribution in [-0.2, 0) is 4.79 Å². The number of nitrogens with zero attached hydrogens (tertiary/aromatic N) is 2. The van der Waals surface area contributed by atoms with Crippen LogP contribution in [-0.4, -0.2) is 27.8 Å². The summed E-state index contributed by atoms with van der Waals surface area (Å²) in [5.41, 5.74) is 3.63. The summed E-state index contributed by atoms with van der Waals surface area (Å²) in [4.78, 5) is 19.7. The zero-order chi connectivity index (χ0) is 20.0. The molecule has 2 heterocycles. The first-order valence-corrected chi connectivity index (χ1v) is 11.6. The summed E-state index contributed by atoms with van der Waals surface area (Å²) in [6.07, 6.45) is 5.45. The number of benzene rings is 2. The van der Waals surface area contributed by atoms with Crippen LogP contribution in [0.2, 0.25) is 10.0 Å². The average molecular weight is 443 g/mol. The fourth-order valence-electron chi connectivity index (χ4n) is 4.67. The van der Waals surface area contributed by atoms with Crippen LogP contribution in [0, 0.1) is 5.92 Å². The Bertz CT molecular complexity index is 1000. The monoisotopic (exact) mass is 442 g/mol. The lowest BCUT2D eigenvalue weighted by Crippen LogP contribution is -2.47. The van der Waals surface area contributed by atoms with E-state index in [2.05, 4.69) is 18.2 Å². The average Bonchev–Trinajstić information content (AvgIpc) is 3.10. The van der Waals surface area contributed by atoms with E-state index >= 15 is 0 Å². The van der Waals surface area contributed by atoms with Gasteiger partial charge in [0.05, 0.1) is 17.8 Å². The zero-order valence-electron chi connectivity index (χ0n) is 15.7. The Balaban J connectivity index is 1.57. The van der Waals surface area contributed by atoms with Crippen molar-refractivity contribution in [3.8, 4) is 0 Å². The summed E-state index contributed by atoms with van der Waals surface area (Å²) in [6, 6.07) is 16.0. The molecule has 1 amide bonds. The highest BCUT2D eigenvalue weighted by molar-refractivity contribution is 8.15. The molecule has 3 aliphatic rings. The molecule has 3 atom stereocenters. The number of thioether (sulfide) groups is 1. The normalized spacial score (nSPS) is 27.6. The summed E-state index contributed by atoms with van der Waals surface area (Å²) in [5, 5.41) is 2.31. The van der Waals surface area contributed by atoms with E-state index in [1.807, 2.05) is 41.3 Å². The van der Waals surface area contributed by atoms with Gasteiger partial charge in [-0.2, -0.15) is 0 Å². The molecule has 0 unspecified atom stereocenters. The summed E-state index contributed by atoms with van der Waals surface area (Å²) in [7, 11) is 0. The Morgan fingerprint density at radius 2 is 1.72 bits per heavy atom. The van der Waals surface area contributed by atoms with Crippen LogP contribution < -0.4 is 0 Å². The Hall–Kier alpha value is -1.75. The minimum absolute atomic E-state index is 0.0150. The molecule has 29 heavy (non-hydrogen) atoms. The first-order valence-electron chi connectivity index (χ1n) is 9.84. The molecule has 2 aromatic rings.